The molecule has 2 aliphatic rings. The van der Waals surface area contributed by atoms with E-state index in [0.29, 0.717) is 39.5 Å². The first-order valence-corrected chi connectivity index (χ1v) is 32.5. The van der Waals surface area contributed by atoms with Gasteiger partial charge in [-0.3, -0.25) is 0 Å². The highest BCUT2D eigenvalue weighted by atomic mass is 16.3. The van der Waals surface area contributed by atoms with E-state index in [-0.39, 0.29) is 56.0 Å². The molecule has 2 aromatic heterocycles. The van der Waals surface area contributed by atoms with Crippen LogP contribution >= 0.6 is 0 Å². The highest BCUT2D eigenvalue weighted by Crippen LogP contribution is 2.55. The fourth-order valence-corrected chi connectivity index (χ4v) is 14.5. The number of aromatic nitrogens is 1. The molecule has 0 unspecified atom stereocenters. The molecule has 4 heterocycles. The predicted octanol–water partition coefficient (Wildman–Crippen LogP) is 23.0. The van der Waals surface area contributed by atoms with Gasteiger partial charge in [-0.2, -0.15) is 0 Å². The molecule has 458 valence electrons. The van der Waals surface area contributed by atoms with Crippen molar-refractivity contribution in [3.8, 4) is 61.3 Å². The summed E-state index contributed by atoms with van der Waals surface area (Å²) in [6, 6.07) is 64.1. The maximum Gasteiger partial charge on any atom is 0.252 e. The predicted molar refractivity (Wildman–Crippen MR) is 405 cm³/mol. The van der Waals surface area contributed by atoms with E-state index in [1.54, 1.807) is 4.57 Å². The molecular formula is C90H74BN3O. The van der Waals surface area contributed by atoms with Crippen molar-refractivity contribution in [3.05, 3.63) is 301 Å². The van der Waals surface area contributed by atoms with Gasteiger partial charge in [0.2, 0.25) is 0 Å². The largest absolute Gasteiger partial charge is 0.456 e. The zero-order chi connectivity index (χ0) is 76.0. The van der Waals surface area contributed by atoms with Crippen LogP contribution in [0.2, 0.25) is 0 Å². The fraction of sp³-hybridized carbons (Fsp3) is 0.133. The Kier molecular flexibility index (Phi) is 10.5. The lowest BCUT2D eigenvalue weighted by Gasteiger charge is -2.45. The first-order valence-electron chi connectivity index (χ1n) is 39.0. The van der Waals surface area contributed by atoms with Crippen LogP contribution in [0.1, 0.15) is 96.8 Å². The molecule has 4 nitrogen and oxygen atoms in total. The van der Waals surface area contributed by atoms with Crippen LogP contribution < -0.4 is 26.2 Å². The van der Waals surface area contributed by atoms with Crippen LogP contribution in [0.15, 0.2) is 289 Å². The summed E-state index contributed by atoms with van der Waals surface area (Å²) >= 11 is 0. The summed E-state index contributed by atoms with van der Waals surface area (Å²) in [5.41, 5.74) is 17.4. The Balaban J connectivity index is 1.13. The Morgan fingerprint density at radius 2 is 0.800 bits per heavy atom. The van der Waals surface area contributed by atoms with E-state index in [9.17, 15) is 13.7 Å². The third-order valence-electron chi connectivity index (χ3n) is 19.3. The van der Waals surface area contributed by atoms with Gasteiger partial charge in [0.1, 0.15) is 11.2 Å². The van der Waals surface area contributed by atoms with Crippen LogP contribution in [0.4, 0.5) is 34.1 Å². The Bertz CT molecular complexity index is 6170. The van der Waals surface area contributed by atoms with E-state index in [0.717, 1.165) is 99.7 Å². The van der Waals surface area contributed by atoms with E-state index in [2.05, 4.69) is 175 Å². The first kappa shape index (κ1) is 45.4. The van der Waals surface area contributed by atoms with Crippen molar-refractivity contribution in [2.45, 2.75) is 78.6 Å². The summed E-state index contributed by atoms with van der Waals surface area (Å²) in [6.07, 6.45) is 0. The SMILES string of the molecule is [2H]c1c([2H])c([2H])c(-c2ccc3c(c2)N(c2c(-c4ccccc4)cc(C(C)(C)C)cc2-c2ccccc2)c2cc(-n4c5c([2H])c([2H])c([2H])c([2H])c5c5c([2H])c([2H])c([2H])c([2H])c54)cc4c2B3c2ccc(-c3cc(C(C)(C)C)cc(C(C)(C)C)c3)cc2N4c2cc(-c3ccccc3)cc3oc4ccccc4c23)c([2H])c1[2H]. The van der Waals surface area contributed by atoms with Gasteiger partial charge in [0.05, 0.1) is 51.3 Å². The summed E-state index contributed by atoms with van der Waals surface area (Å²) in [5.74, 6) is 0. The molecule has 0 spiro atoms. The lowest BCUT2D eigenvalue weighted by Crippen LogP contribution is -2.61. The van der Waals surface area contributed by atoms with Crippen molar-refractivity contribution in [3.63, 3.8) is 0 Å². The maximum atomic E-state index is 10.1. The molecule has 17 rings (SSSR count). The van der Waals surface area contributed by atoms with Gasteiger partial charge in [-0.15, -0.1) is 0 Å². The molecule has 0 amide bonds. The molecule has 0 saturated carbocycles. The summed E-state index contributed by atoms with van der Waals surface area (Å²) < 4.78 is 132. The van der Waals surface area contributed by atoms with Crippen molar-refractivity contribution in [1.29, 1.82) is 0 Å². The number of rotatable bonds is 8. The molecule has 0 fully saturated rings. The quantitative estimate of drug-likeness (QED) is 0.142. The summed E-state index contributed by atoms with van der Waals surface area (Å²) in [6.45, 7) is 19.2. The van der Waals surface area contributed by atoms with Gasteiger partial charge < -0.3 is 18.8 Å². The number of anilines is 6. The minimum absolute atomic E-state index is 0.00573. The standard InChI is InChI=1S/C90H74BN3O/c1-88(2,3)65-46-63(47-66(52-65)89(4,5)6)62-43-45-74-78(49-62)93(80-50-64(58-30-16-11-17-31-58)51-84-85(80)71-38-24-27-41-83(71)95-84)81-55-68(92-76-39-25-22-36-69(76)70-37-23-26-40-77(70)92)56-82-86(81)91(74)75-44-42-61(57-28-14-10-15-29-57)48-79(75)94(82)87-72(59-32-18-12-19-33-59)53-67(90(7,8)9)54-73(87)60-34-20-13-21-35-60/h10-56H,1-9H3/i10D,14D,15D,22D,23D,25D,26D,28D,29D,36D,37D,39D,40D. The molecule has 0 N–H and O–H groups in total. The van der Waals surface area contributed by atoms with Crippen LogP contribution in [-0.2, 0) is 16.2 Å². The Hall–Kier alpha value is -10.9. The molecule has 0 atom stereocenters. The topological polar surface area (TPSA) is 24.6 Å². The Morgan fingerprint density at radius 1 is 0.337 bits per heavy atom. The lowest BCUT2D eigenvalue weighted by molar-refractivity contribution is 0.569. The normalized spacial score (nSPS) is 15.0. The molecule has 5 heteroatoms. The number of hydrogen-bond donors (Lipinski definition) is 0. The highest BCUT2D eigenvalue weighted by molar-refractivity contribution is 7.00. The second-order valence-corrected chi connectivity index (χ2v) is 28.4. The molecule has 2 aliphatic heterocycles. The van der Waals surface area contributed by atoms with E-state index in [4.69, 9.17) is 8.53 Å². The van der Waals surface area contributed by atoms with Crippen LogP contribution in [0, 0.1) is 0 Å². The van der Waals surface area contributed by atoms with E-state index in [1.165, 1.54) is 0 Å². The Labute approximate surface area is 576 Å². The Morgan fingerprint density at radius 3 is 1.37 bits per heavy atom. The number of benzene rings is 13. The number of fused-ring (bicyclic) bond motifs is 10. The number of nitrogens with zero attached hydrogens (tertiary/aromatic N) is 3. The van der Waals surface area contributed by atoms with E-state index >= 15 is 0 Å². The van der Waals surface area contributed by atoms with Crippen LogP contribution in [0.3, 0.4) is 0 Å². The summed E-state index contributed by atoms with van der Waals surface area (Å²) in [5, 5.41) is 1.44. The number of furan rings is 1. The maximum absolute atomic E-state index is 10.1. The molecule has 15 aromatic rings. The van der Waals surface area contributed by atoms with Gasteiger partial charge in [0, 0.05) is 50.0 Å². The van der Waals surface area contributed by atoms with Gasteiger partial charge >= 0.3 is 0 Å². The second kappa shape index (κ2) is 21.9. The highest BCUT2D eigenvalue weighted by Gasteiger charge is 2.46. The third-order valence-corrected chi connectivity index (χ3v) is 19.3. The average Bonchev–Trinajstić information content (AvgIpc) is 0.984. The first-order chi connectivity index (χ1) is 51.4. The third kappa shape index (κ3) is 9.65. The minimum Gasteiger partial charge on any atom is -0.456 e. The molecule has 0 saturated heterocycles. The molecule has 0 bridgehead atoms. The van der Waals surface area contributed by atoms with Crippen LogP contribution in [-0.4, -0.2) is 11.3 Å². The van der Waals surface area contributed by atoms with E-state index < -0.39 is 78.6 Å². The number of hydrogen-bond acceptors (Lipinski definition) is 3. The molecule has 95 heavy (non-hydrogen) atoms. The summed E-state index contributed by atoms with van der Waals surface area (Å²) in [4.78, 5) is 4.52. The van der Waals surface area contributed by atoms with Crippen molar-refractivity contribution in [2.75, 3.05) is 9.80 Å². The van der Waals surface area contributed by atoms with Crippen molar-refractivity contribution >= 4 is 101 Å². The van der Waals surface area contributed by atoms with Gasteiger partial charge in [-0.25, -0.2) is 0 Å². The fourth-order valence-electron chi connectivity index (χ4n) is 14.5. The van der Waals surface area contributed by atoms with Crippen LogP contribution in [0.25, 0.3) is 105 Å². The minimum atomic E-state index is -0.702. The smallest absolute Gasteiger partial charge is 0.252 e. The molecule has 0 radical (unpaired) electrons. The van der Waals surface area contributed by atoms with Gasteiger partial charge in [0.15, 0.2) is 0 Å². The summed E-state index contributed by atoms with van der Waals surface area (Å²) in [7, 11) is 0. The van der Waals surface area contributed by atoms with Crippen LogP contribution in [0.5, 0.6) is 0 Å². The number of para-hydroxylation sites is 3. The molecule has 0 aliphatic carbocycles. The van der Waals surface area contributed by atoms with Gasteiger partial charge in [-0.05, 0) is 161 Å². The zero-order valence-corrected chi connectivity index (χ0v) is 54.5. The van der Waals surface area contributed by atoms with Crippen molar-refractivity contribution in [1.82, 2.24) is 4.57 Å². The van der Waals surface area contributed by atoms with Crippen molar-refractivity contribution in [2.24, 2.45) is 0 Å². The zero-order valence-electron chi connectivity index (χ0n) is 67.5. The van der Waals surface area contributed by atoms with E-state index in [1.807, 2.05) is 103 Å². The van der Waals surface area contributed by atoms with Gasteiger partial charge in [-0.1, -0.05) is 280 Å². The lowest BCUT2D eigenvalue weighted by atomic mass is 9.33. The second-order valence-electron chi connectivity index (χ2n) is 28.4. The molecule has 13 aromatic carbocycles. The molecular weight excluding hydrogens is 1150 g/mol. The van der Waals surface area contributed by atoms with Gasteiger partial charge in [0.25, 0.3) is 6.71 Å². The monoisotopic (exact) mass is 1240 g/mol. The average molecular weight is 1240 g/mol. The van der Waals surface area contributed by atoms with Crippen molar-refractivity contribution < 1.29 is 22.2 Å².